The molecule has 2 rings (SSSR count). The minimum Gasteiger partial charge on any atom is -0.497 e. The summed E-state index contributed by atoms with van der Waals surface area (Å²) >= 11 is 0. The van der Waals surface area contributed by atoms with Gasteiger partial charge < -0.3 is 10.1 Å². The summed E-state index contributed by atoms with van der Waals surface area (Å²) < 4.78 is 5.29. The molecular weight excluding hydrogens is 236 g/mol. The van der Waals surface area contributed by atoms with Crippen molar-refractivity contribution in [3.63, 3.8) is 0 Å². The summed E-state index contributed by atoms with van der Waals surface area (Å²) in [6, 6.07) is 9.03. The molecule has 1 aromatic rings. The molecule has 19 heavy (non-hydrogen) atoms. The molecule has 0 radical (unpaired) electrons. The van der Waals surface area contributed by atoms with Gasteiger partial charge in [-0.3, -0.25) is 4.90 Å². The van der Waals surface area contributed by atoms with E-state index in [9.17, 15) is 0 Å². The van der Waals surface area contributed by atoms with Crippen LogP contribution in [0.25, 0.3) is 0 Å². The second-order valence-corrected chi connectivity index (χ2v) is 5.87. The normalized spacial score (nSPS) is 20.7. The molecule has 1 N–H and O–H groups in total. The van der Waals surface area contributed by atoms with Crippen LogP contribution in [0.4, 0.5) is 0 Å². The van der Waals surface area contributed by atoms with Crippen molar-refractivity contribution in [3.8, 4) is 5.75 Å². The second kappa shape index (κ2) is 6.92. The molecule has 1 unspecified atom stereocenters. The van der Waals surface area contributed by atoms with E-state index in [1.807, 2.05) is 6.07 Å². The van der Waals surface area contributed by atoms with Crippen LogP contribution in [0.2, 0.25) is 0 Å². The van der Waals surface area contributed by atoms with Gasteiger partial charge in [0, 0.05) is 32.2 Å². The first kappa shape index (κ1) is 14.4. The van der Waals surface area contributed by atoms with E-state index in [2.05, 4.69) is 42.3 Å². The van der Waals surface area contributed by atoms with Crippen molar-refractivity contribution < 1.29 is 4.74 Å². The predicted molar refractivity (Wildman–Crippen MR) is 79.5 cm³/mol. The van der Waals surface area contributed by atoms with E-state index < -0.39 is 0 Å². The zero-order valence-electron chi connectivity index (χ0n) is 12.4. The predicted octanol–water partition coefficient (Wildman–Crippen LogP) is 2.52. The molecule has 0 saturated carbocycles. The summed E-state index contributed by atoms with van der Waals surface area (Å²) in [6.45, 7) is 8.99. The monoisotopic (exact) mass is 262 g/mol. The smallest absolute Gasteiger partial charge is 0.119 e. The first-order chi connectivity index (χ1) is 9.17. The summed E-state index contributed by atoms with van der Waals surface area (Å²) in [6.07, 6.45) is 1.26. The number of piperazine rings is 1. The Morgan fingerprint density at radius 2 is 2.26 bits per heavy atom. The Morgan fingerprint density at radius 3 is 3.00 bits per heavy atom. The van der Waals surface area contributed by atoms with Crippen LogP contribution >= 0.6 is 0 Å². The molecule has 1 aromatic carbocycles. The summed E-state index contributed by atoms with van der Waals surface area (Å²) in [5.41, 5.74) is 1.34. The molecule has 1 aliphatic rings. The zero-order chi connectivity index (χ0) is 13.7. The Balaban J connectivity index is 1.90. The minimum absolute atomic E-state index is 0.638. The fourth-order valence-corrected chi connectivity index (χ4v) is 2.79. The van der Waals surface area contributed by atoms with Crippen LogP contribution < -0.4 is 10.1 Å². The van der Waals surface area contributed by atoms with Gasteiger partial charge >= 0.3 is 0 Å². The van der Waals surface area contributed by atoms with E-state index in [4.69, 9.17) is 4.74 Å². The molecule has 3 heteroatoms. The van der Waals surface area contributed by atoms with Gasteiger partial charge in [0.15, 0.2) is 0 Å². The third-order valence-corrected chi connectivity index (χ3v) is 3.64. The number of hydrogen-bond donors (Lipinski definition) is 1. The van der Waals surface area contributed by atoms with Crippen molar-refractivity contribution in [2.75, 3.05) is 26.7 Å². The fourth-order valence-electron chi connectivity index (χ4n) is 2.79. The summed E-state index contributed by atoms with van der Waals surface area (Å²) in [4.78, 5) is 2.54. The van der Waals surface area contributed by atoms with E-state index in [0.29, 0.717) is 6.04 Å². The van der Waals surface area contributed by atoms with E-state index in [0.717, 1.165) is 37.8 Å². The topological polar surface area (TPSA) is 24.5 Å². The third-order valence-electron chi connectivity index (χ3n) is 3.64. The third kappa shape index (κ3) is 4.51. The Hall–Kier alpha value is -1.06. The van der Waals surface area contributed by atoms with Crippen LogP contribution in [0.5, 0.6) is 5.75 Å². The molecule has 1 fully saturated rings. The first-order valence-electron chi connectivity index (χ1n) is 7.26. The van der Waals surface area contributed by atoms with Gasteiger partial charge in [-0.05, 0) is 30.0 Å². The van der Waals surface area contributed by atoms with Crippen LogP contribution in [0.3, 0.4) is 0 Å². The molecule has 1 aliphatic heterocycles. The van der Waals surface area contributed by atoms with E-state index >= 15 is 0 Å². The molecule has 3 nitrogen and oxygen atoms in total. The highest BCUT2D eigenvalue weighted by atomic mass is 16.5. The molecule has 0 amide bonds. The van der Waals surface area contributed by atoms with Crippen molar-refractivity contribution in [1.29, 1.82) is 0 Å². The summed E-state index contributed by atoms with van der Waals surface area (Å²) in [5.74, 6) is 1.71. The Morgan fingerprint density at radius 1 is 1.42 bits per heavy atom. The molecule has 1 heterocycles. The maximum absolute atomic E-state index is 5.29. The van der Waals surface area contributed by atoms with Crippen LogP contribution in [-0.4, -0.2) is 37.7 Å². The number of ether oxygens (including phenoxy) is 1. The van der Waals surface area contributed by atoms with Crippen molar-refractivity contribution in [2.45, 2.75) is 32.9 Å². The molecule has 1 atom stereocenters. The molecular formula is C16H26N2O. The fraction of sp³-hybridized carbons (Fsp3) is 0.625. The lowest BCUT2D eigenvalue weighted by molar-refractivity contribution is 0.179. The van der Waals surface area contributed by atoms with Crippen LogP contribution in [0.15, 0.2) is 24.3 Å². The quantitative estimate of drug-likeness (QED) is 0.882. The summed E-state index contributed by atoms with van der Waals surface area (Å²) in [5, 5.41) is 3.62. The van der Waals surface area contributed by atoms with E-state index in [1.54, 1.807) is 7.11 Å². The molecule has 106 valence electrons. The molecule has 0 bridgehead atoms. The standard InChI is InChI=1S/C16H26N2O/c1-13(2)9-15-12-18(8-7-17-15)11-14-5-4-6-16(10-14)19-3/h4-6,10,13,15,17H,7-9,11-12H2,1-3H3. The van der Waals surface area contributed by atoms with Gasteiger partial charge in [0.05, 0.1) is 7.11 Å². The van der Waals surface area contributed by atoms with Gasteiger partial charge in [0.2, 0.25) is 0 Å². The lowest BCUT2D eigenvalue weighted by Crippen LogP contribution is -2.50. The number of nitrogens with one attached hydrogen (secondary N) is 1. The van der Waals surface area contributed by atoms with Gasteiger partial charge in [-0.1, -0.05) is 26.0 Å². The first-order valence-corrected chi connectivity index (χ1v) is 7.26. The van der Waals surface area contributed by atoms with Crippen molar-refractivity contribution in [1.82, 2.24) is 10.2 Å². The van der Waals surface area contributed by atoms with Gasteiger partial charge in [-0.2, -0.15) is 0 Å². The van der Waals surface area contributed by atoms with E-state index in [1.165, 1.54) is 12.0 Å². The largest absolute Gasteiger partial charge is 0.497 e. The number of methoxy groups -OCH3 is 1. The lowest BCUT2D eigenvalue weighted by atomic mass is 10.0. The maximum atomic E-state index is 5.29. The highest BCUT2D eigenvalue weighted by molar-refractivity contribution is 5.28. The van der Waals surface area contributed by atoms with Crippen molar-refractivity contribution in [3.05, 3.63) is 29.8 Å². The average Bonchev–Trinajstić information content (AvgIpc) is 2.38. The van der Waals surface area contributed by atoms with Crippen molar-refractivity contribution in [2.24, 2.45) is 5.92 Å². The maximum Gasteiger partial charge on any atom is 0.119 e. The second-order valence-electron chi connectivity index (χ2n) is 5.87. The average molecular weight is 262 g/mol. The number of rotatable bonds is 5. The highest BCUT2D eigenvalue weighted by Gasteiger charge is 2.19. The lowest BCUT2D eigenvalue weighted by Gasteiger charge is -2.34. The molecule has 0 aromatic heterocycles. The highest BCUT2D eigenvalue weighted by Crippen LogP contribution is 2.16. The molecule has 1 saturated heterocycles. The van der Waals surface area contributed by atoms with Gasteiger partial charge in [0.1, 0.15) is 5.75 Å². The number of benzene rings is 1. The van der Waals surface area contributed by atoms with Gasteiger partial charge in [-0.15, -0.1) is 0 Å². The Kier molecular flexibility index (Phi) is 5.23. The van der Waals surface area contributed by atoms with Crippen LogP contribution in [0.1, 0.15) is 25.8 Å². The van der Waals surface area contributed by atoms with Crippen molar-refractivity contribution >= 4 is 0 Å². The zero-order valence-corrected chi connectivity index (χ0v) is 12.4. The SMILES string of the molecule is COc1cccc(CN2CCNC(CC(C)C)C2)c1. The Bertz CT molecular complexity index is 392. The number of nitrogens with zero attached hydrogens (tertiary/aromatic N) is 1. The van der Waals surface area contributed by atoms with Gasteiger partial charge in [-0.25, -0.2) is 0 Å². The minimum atomic E-state index is 0.638. The molecule has 0 aliphatic carbocycles. The van der Waals surface area contributed by atoms with E-state index in [-0.39, 0.29) is 0 Å². The summed E-state index contributed by atoms with van der Waals surface area (Å²) in [7, 11) is 1.72. The van der Waals surface area contributed by atoms with Crippen LogP contribution in [0, 0.1) is 5.92 Å². The molecule has 0 spiro atoms. The van der Waals surface area contributed by atoms with Crippen LogP contribution in [-0.2, 0) is 6.54 Å². The number of hydrogen-bond acceptors (Lipinski definition) is 3. The van der Waals surface area contributed by atoms with Gasteiger partial charge in [0.25, 0.3) is 0 Å². The Labute approximate surface area is 116 Å².